The largest absolute Gasteiger partial charge is 0.316 e. The zero-order valence-corrected chi connectivity index (χ0v) is 8.69. The number of hydrogen-bond acceptors (Lipinski definition) is 3. The molecule has 1 fully saturated rings. The molecule has 2 rings (SSSR count). The van der Waals surface area contributed by atoms with E-state index in [2.05, 4.69) is 12.2 Å². The molecule has 1 saturated heterocycles. The molecule has 0 radical (unpaired) electrons. The summed E-state index contributed by atoms with van der Waals surface area (Å²) in [5, 5.41) is 13.8. The summed E-state index contributed by atoms with van der Waals surface area (Å²) in [6, 6.07) is 6.90. The standard InChI is InChI=1S/C11H14N2O2/c1-11(6-7-12-8-11)9-2-4-10(5-3-9)13(14)15/h2-5,12H,6-8H2,1H3. The van der Waals surface area contributed by atoms with E-state index >= 15 is 0 Å². The summed E-state index contributed by atoms with van der Waals surface area (Å²) < 4.78 is 0. The molecule has 4 nitrogen and oxygen atoms in total. The van der Waals surface area contributed by atoms with Crippen molar-refractivity contribution in [3.8, 4) is 0 Å². The minimum absolute atomic E-state index is 0.134. The lowest BCUT2D eigenvalue weighted by atomic mass is 9.82. The van der Waals surface area contributed by atoms with Crippen LogP contribution in [-0.4, -0.2) is 18.0 Å². The number of hydrogen-bond donors (Lipinski definition) is 1. The number of nitro groups is 1. The fourth-order valence-corrected chi connectivity index (χ4v) is 2.05. The van der Waals surface area contributed by atoms with Crippen molar-refractivity contribution < 1.29 is 4.92 Å². The van der Waals surface area contributed by atoms with Crippen molar-refractivity contribution >= 4 is 5.69 Å². The zero-order chi connectivity index (χ0) is 10.9. The molecule has 1 unspecified atom stereocenters. The highest BCUT2D eigenvalue weighted by Gasteiger charge is 2.30. The Morgan fingerprint density at radius 2 is 2.07 bits per heavy atom. The average molecular weight is 206 g/mol. The normalized spacial score (nSPS) is 25.4. The van der Waals surface area contributed by atoms with E-state index in [9.17, 15) is 10.1 Å². The second-order valence-electron chi connectivity index (χ2n) is 4.29. The van der Waals surface area contributed by atoms with E-state index in [0.29, 0.717) is 0 Å². The highest BCUT2D eigenvalue weighted by Crippen LogP contribution is 2.30. The molecule has 1 aliphatic rings. The van der Waals surface area contributed by atoms with E-state index in [4.69, 9.17) is 0 Å². The first-order valence-corrected chi connectivity index (χ1v) is 5.07. The number of rotatable bonds is 2. The third-order valence-corrected chi connectivity index (χ3v) is 3.14. The number of non-ortho nitro benzene ring substituents is 1. The SMILES string of the molecule is CC1(c2ccc([N+](=O)[O-])cc2)CCNC1. The van der Waals surface area contributed by atoms with E-state index in [-0.39, 0.29) is 16.0 Å². The summed E-state index contributed by atoms with van der Waals surface area (Å²) >= 11 is 0. The van der Waals surface area contributed by atoms with Gasteiger partial charge < -0.3 is 5.32 Å². The van der Waals surface area contributed by atoms with E-state index in [1.165, 1.54) is 5.56 Å². The van der Waals surface area contributed by atoms with Crippen LogP contribution in [0, 0.1) is 10.1 Å². The van der Waals surface area contributed by atoms with Crippen molar-refractivity contribution in [2.45, 2.75) is 18.8 Å². The van der Waals surface area contributed by atoms with Gasteiger partial charge >= 0.3 is 0 Å². The van der Waals surface area contributed by atoms with Crippen LogP contribution in [0.1, 0.15) is 18.9 Å². The van der Waals surface area contributed by atoms with Crippen molar-refractivity contribution in [1.82, 2.24) is 5.32 Å². The Balaban J connectivity index is 2.26. The molecule has 1 atom stereocenters. The van der Waals surface area contributed by atoms with Crippen molar-refractivity contribution in [2.75, 3.05) is 13.1 Å². The maximum absolute atomic E-state index is 10.5. The van der Waals surface area contributed by atoms with E-state index in [1.807, 2.05) is 12.1 Å². The van der Waals surface area contributed by atoms with Crippen LogP contribution in [0.4, 0.5) is 5.69 Å². The minimum atomic E-state index is -0.362. The van der Waals surface area contributed by atoms with Crippen LogP contribution in [0.5, 0.6) is 0 Å². The van der Waals surface area contributed by atoms with Gasteiger partial charge in [-0.15, -0.1) is 0 Å². The Kier molecular flexibility index (Phi) is 2.44. The second kappa shape index (κ2) is 3.62. The Hall–Kier alpha value is -1.42. The summed E-state index contributed by atoms with van der Waals surface area (Å²) in [6.07, 6.45) is 1.09. The number of nitrogens with zero attached hydrogens (tertiary/aromatic N) is 1. The number of benzene rings is 1. The summed E-state index contributed by atoms with van der Waals surface area (Å²) in [6.45, 7) is 4.16. The molecule has 0 bridgehead atoms. The molecule has 80 valence electrons. The second-order valence-corrected chi connectivity index (χ2v) is 4.29. The van der Waals surface area contributed by atoms with Crippen LogP contribution in [0.15, 0.2) is 24.3 Å². The maximum Gasteiger partial charge on any atom is 0.269 e. The lowest BCUT2D eigenvalue weighted by Crippen LogP contribution is -2.24. The van der Waals surface area contributed by atoms with Gasteiger partial charge in [-0.3, -0.25) is 10.1 Å². The first-order valence-electron chi connectivity index (χ1n) is 5.07. The Labute approximate surface area is 88.5 Å². The van der Waals surface area contributed by atoms with Crippen LogP contribution < -0.4 is 5.32 Å². The average Bonchev–Trinajstić information content (AvgIpc) is 2.67. The highest BCUT2D eigenvalue weighted by molar-refractivity contribution is 5.36. The predicted octanol–water partition coefficient (Wildman–Crippen LogP) is 1.85. The monoisotopic (exact) mass is 206 g/mol. The highest BCUT2D eigenvalue weighted by atomic mass is 16.6. The first kappa shape index (κ1) is 10.1. The fourth-order valence-electron chi connectivity index (χ4n) is 2.05. The van der Waals surface area contributed by atoms with Crippen LogP contribution in [-0.2, 0) is 5.41 Å². The molecule has 0 aliphatic carbocycles. The van der Waals surface area contributed by atoms with E-state index in [0.717, 1.165) is 19.5 Å². The predicted molar refractivity (Wildman–Crippen MR) is 57.9 cm³/mol. The van der Waals surface area contributed by atoms with Gasteiger partial charge in [0.25, 0.3) is 5.69 Å². The summed E-state index contributed by atoms with van der Waals surface area (Å²) in [7, 11) is 0. The molecular formula is C11H14N2O2. The van der Waals surface area contributed by atoms with Crippen LogP contribution >= 0.6 is 0 Å². The van der Waals surface area contributed by atoms with Crippen molar-refractivity contribution in [3.05, 3.63) is 39.9 Å². The lowest BCUT2D eigenvalue weighted by Gasteiger charge is -2.22. The Bertz CT molecular complexity index is 367. The van der Waals surface area contributed by atoms with Crippen LogP contribution in [0.25, 0.3) is 0 Å². The number of nitrogens with one attached hydrogen (secondary N) is 1. The van der Waals surface area contributed by atoms with Gasteiger partial charge in [0.05, 0.1) is 4.92 Å². The Morgan fingerprint density at radius 1 is 1.40 bits per heavy atom. The quantitative estimate of drug-likeness (QED) is 0.593. The van der Waals surface area contributed by atoms with Gasteiger partial charge in [-0.25, -0.2) is 0 Å². The van der Waals surface area contributed by atoms with Crippen LogP contribution in [0.3, 0.4) is 0 Å². The van der Waals surface area contributed by atoms with Crippen molar-refractivity contribution in [3.63, 3.8) is 0 Å². The maximum atomic E-state index is 10.5. The molecule has 1 N–H and O–H groups in total. The summed E-state index contributed by atoms with van der Waals surface area (Å²) in [4.78, 5) is 10.1. The van der Waals surface area contributed by atoms with Gasteiger partial charge in [0.15, 0.2) is 0 Å². The van der Waals surface area contributed by atoms with Gasteiger partial charge in [0, 0.05) is 24.1 Å². The first-order chi connectivity index (χ1) is 7.12. The van der Waals surface area contributed by atoms with Gasteiger partial charge in [-0.1, -0.05) is 19.1 Å². The van der Waals surface area contributed by atoms with Gasteiger partial charge in [-0.2, -0.15) is 0 Å². The van der Waals surface area contributed by atoms with Crippen LogP contribution in [0.2, 0.25) is 0 Å². The zero-order valence-electron chi connectivity index (χ0n) is 8.69. The van der Waals surface area contributed by atoms with Gasteiger partial charge in [-0.05, 0) is 18.5 Å². The minimum Gasteiger partial charge on any atom is -0.316 e. The summed E-state index contributed by atoms with van der Waals surface area (Å²) in [5.74, 6) is 0. The molecule has 0 saturated carbocycles. The van der Waals surface area contributed by atoms with Gasteiger partial charge in [0.2, 0.25) is 0 Å². The third kappa shape index (κ3) is 1.85. The molecule has 1 aliphatic heterocycles. The van der Waals surface area contributed by atoms with E-state index < -0.39 is 0 Å². The number of nitro benzene ring substituents is 1. The molecule has 1 heterocycles. The summed E-state index contributed by atoms with van der Waals surface area (Å²) in [5.41, 5.74) is 1.47. The molecule has 0 spiro atoms. The molecule has 4 heteroatoms. The molecule has 0 aromatic heterocycles. The smallest absolute Gasteiger partial charge is 0.269 e. The van der Waals surface area contributed by atoms with Gasteiger partial charge in [0.1, 0.15) is 0 Å². The fraction of sp³-hybridized carbons (Fsp3) is 0.455. The third-order valence-electron chi connectivity index (χ3n) is 3.14. The molecular weight excluding hydrogens is 192 g/mol. The molecule has 15 heavy (non-hydrogen) atoms. The Morgan fingerprint density at radius 3 is 2.53 bits per heavy atom. The molecule has 1 aromatic carbocycles. The molecule has 0 amide bonds. The lowest BCUT2D eigenvalue weighted by molar-refractivity contribution is -0.384. The van der Waals surface area contributed by atoms with Crippen molar-refractivity contribution in [2.24, 2.45) is 0 Å². The van der Waals surface area contributed by atoms with Crippen molar-refractivity contribution in [1.29, 1.82) is 0 Å². The molecule has 1 aromatic rings. The van der Waals surface area contributed by atoms with E-state index in [1.54, 1.807) is 12.1 Å². The topological polar surface area (TPSA) is 55.2 Å².